The second-order valence-electron chi connectivity index (χ2n) is 6.84. The number of nitrogens with zero attached hydrogens (tertiary/aromatic N) is 4. The molecule has 1 unspecified atom stereocenters. The SMILES string of the molecule is CCSc1nnc(N2C(N)=C(C#N)C(c3ccccc3OC)C3=C2CCCC3=O)s1. The Morgan fingerprint density at radius 2 is 2.17 bits per heavy atom. The summed E-state index contributed by atoms with van der Waals surface area (Å²) in [5.74, 6) is 1.28. The van der Waals surface area contributed by atoms with Crippen molar-refractivity contribution in [3.05, 3.63) is 52.5 Å². The molecule has 0 saturated carbocycles. The van der Waals surface area contributed by atoms with Crippen molar-refractivity contribution in [2.75, 3.05) is 17.8 Å². The highest BCUT2D eigenvalue weighted by Crippen LogP contribution is 2.48. The summed E-state index contributed by atoms with van der Waals surface area (Å²) in [6.07, 6.45) is 1.86. The van der Waals surface area contributed by atoms with E-state index in [9.17, 15) is 10.1 Å². The molecule has 0 saturated heterocycles. The molecule has 2 aromatic rings. The van der Waals surface area contributed by atoms with Crippen LogP contribution in [0.3, 0.4) is 0 Å². The number of aromatic nitrogens is 2. The van der Waals surface area contributed by atoms with Gasteiger partial charge in [0.2, 0.25) is 5.13 Å². The Balaban J connectivity index is 1.93. The summed E-state index contributed by atoms with van der Waals surface area (Å²) in [5.41, 5.74) is 9.06. The van der Waals surface area contributed by atoms with Gasteiger partial charge >= 0.3 is 0 Å². The zero-order valence-corrected chi connectivity index (χ0v) is 18.3. The number of anilines is 1. The van der Waals surface area contributed by atoms with Crippen LogP contribution in [0.1, 0.15) is 37.7 Å². The molecule has 2 heterocycles. The molecule has 2 aliphatic rings. The van der Waals surface area contributed by atoms with E-state index in [0.29, 0.717) is 40.7 Å². The number of nitriles is 1. The summed E-state index contributed by atoms with van der Waals surface area (Å²) in [6, 6.07) is 9.72. The lowest BCUT2D eigenvalue weighted by atomic mass is 9.75. The largest absolute Gasteiger partial charge is 0.496 e. The number of benzene rings is 1. The van der Waals surface area contributed by atoms with Gasteiger partial charge in [0.1, 0.15) is 11.6 Å². The summed E-state index contributed by atoms with van der Waals surface area (Å²) in [4.78, 5) is 14.9. The van der Waals surface area contributed by atoms with E-state index in [2.05, 4.69) is 16.3 Å². The molecule has 7 nitrogen and oxygen atoms in total. The van der Waals surface area contributed by atoms with Crippen LogP contribution < -0.4 is 15.4 Å². The van der Waals surface area contributed by atoms with E-state index >= 15 is 0 Å². The van der Waals surface area contributed by atoms with Crippen molar-refractivity contribution in [2.24, 2.45) is 5.73 Å². The van der Waals surface area contributed by atoms with Crippen molar-refractivity contribution < 1.29 is 9.53 Å². The van der Waals surface area contributed by atoms with Gasteiger partial charge in [-0.05, 0) is 24.7 Å². The minimum atomic E-state index is -0.553. The number of thioether (sulfide) groups is 1. The molecule has 1 aliphatic carbocycles. The number of rotatable bonds is 5. The summed E-state index contributed by atoms with van der Waals surface area (Å²) in [7, 11) is 1.58. The summed E-state index contributed by atoms with van der Waals surface area (Å²) in [6.45, 7) is 2.05. The number of ether oxygens (including phenoxy) is 1. The molecular formula is C21H21N5O2S2. The van der Waals surface area contributed by atoms with Crippen molar-refractivity contribution in [3.8, 4) is 11.8 Å². The Labute approximate surface area is 183 Å². The van der Waals surface area contributed by atoms with Crippen LogP contribution in [-0.4, -0.2) is 28.8 Å². The van der Waals surface area contributed by atoms with E-state index in [0.717, 1.165) is 27.8 Å². The zero-order valence-electron chi connectivity index (χ0n) is 16.7. The van der Waals surface area contributed by atoms with E-state index in [1.165, 1.54) is 11.3 Å². The van der Waals surface area contributed by atoms with Crippen molar-refractivity contribution in [2.45, 2.75) is 36.4 Å². The Hall–Kier alpha value is -2.83. The second kappa shape index (κ2) is 8.50. The van der Waals surface area contributed by atoms with Gasteiger partial charge in [-0.15, -0.1) is 10.2 Å². The van der Waals surface area contributed by atoms with Crippen molar-refractivity contribution >= 4 is 34.0 Å². The van der Waals surface area contributed by atoms with E-state index in [1.54, 1.807) is 23.8 Å². The molecule has 1 aromatic carbocycles. The molecule has 30 heavy (non-hydrogen) atoms. The third-order valence-corrected chi connectivity index (χ3v) is 7.14. The van der Waals surface area contributed by atoms with Gasteiger partial charge in [0.05, 0.1) is 24.7 Å². The maximum atomic E-state index is 13.1. The third kappa shape index (κ3) is 3.36. The molecule has 0 amide bonds. The minimum Gasteiger partial charge on any atom is -0.496 e. The lowest BCUT2D eigenvalue weighted by molar-refractivity contribution is -0.116. The van der Waals surface area contributed by atoms with Gasteiger partial charge in [-0.3, -0.25) is 9.69 Å². The number of carbonyl (C=O) groups excluding carboxylic acids is 1. The first-order valence-corrected chi connectivity index (χ1v) is 11.5. The number of para-hydroxylation sites is 1. The number of Topliss-reactive ketones (excluding diaryl/α,β-unsaturated/α-hetero) is 1. The second-order valence-corrected chi connectivity index (χ2v) is 9.31. The first kappa shape index (κ1) is 20.4. The summed E-state index contributed by atoms with van der Waals surface area (Å²) >= 11 is 3.01. The molecule has 9 heteroatoms. The third-order valence-electron chi connectivity index (χ3n) is 5.22. The van der Waals surface area contributed by atoms with Crippen molar-refractivity contribution in [1.82, 2.24) is 10.2 Å². The lowest BCUT2D eigenvalue weighted by Crippen LogP contribution is -2.38. The first-order chi connectivity index (χ1) is 14.6. The average molecular weight is 440 g/mol. The van der Waals surface area contributed by atoms with Crippen molar-refractivity contribution in [1.29, 1.82) is 5.26 Å². The number of methoxy groups -OCH3 is 1. The van der Waals surface area contributed by atoms with Crippen LogP contribution >= 0.6 is 23.1 Å². The number of hydrogen-bond donors (Lipinski definition) is 1. The van der Waals surface area contributed by atoms with Crippen LogP contribution in [0.4, 0.5) is 5.13 Å². The monoisotopic (exact) mass is 439 g/mol. The van der Waals surface area contributed by atoms with Crippen molar-refractivity contribution in [3.63, 3.8) is 0 Å². The van der Waals surface area contributed by atoms with Gasteiger partial charge in [0.25, 0.3) is 0 Å². The number of nitrogens with two attached hydrogens (primary N) is 1. The van der Waals surface area contributed by atoms with Gasteiger partial charge in [-0.1, -0.05) is 48.2 Å². The fraction of sp³-hybridized carbons (Fsp3) is 0.333. The predicted octanol–water partition coefficient (Wildman–Crippen LogP) is 3.96. The first-order valence-electron chi connectivity index (χ1n) is 9.66. The van der Waals surface area contributed by atoms with Gasteiger partial charge in [0, 0.05) is 23.3 Å². The quantitative estimate of drug-likeness (QED) is 0.698. The molecule has 154 valence electrons. The highest BCUT2D eigenvalue weighted by atomic mass is 32.2. The molecule has 0 fully saturated rings. The van der Waals surface area contributed by atoms with E-state index in [4.69, 9.17) is 10.5 Å². The average Bonchev–Trinajstić information content (AvgIpc) is 3.21. The molecule has 2 N–H and O–H groups in total. The van der Waals surface area contributed by atoms with E-state index in [-0.39, 0.29) is 5.78 Å². The normalized spacial score (nSPS) is 19.0. The van der Waals surface area contributed by atoms with Gasteiger partial charge in [-0.2, -0.15) is 5.26 Å². The lowest BCUT2D eigenvalue weighted by Gasteiger charge is -2.38. The van der Waals surface area contributed by atoms with E-state index in [1.807, 2.05) is 31.2 Å². The number of allylic oxidation sites excluding steroid dienone is 3. The maximum Gasteiger partial charge on any atom is 0.219 e. The van der Waals surface area contributed by atoms with E-state index < -0.39 is 5.92 Å². The fourth-order valence-electron chi connectivity index (χ4n) is 4.00. The molecule has 0 spiro atoms. The summed E-state index contributed by atoms with van der Waals surface area (Å²) in [5, 5.41) is 19.2. The smallest absolute Gasteiger partial charge is 0.219 e. The molecule has 1 atom stereocenters. The van der Waals surface area contributed by atoms with Gasteiger partial charge in [-0.25, -0.2) is 0 Å². The van der Waals surface area contributed by atoms with Crippen LogP contribution in [0.25, 0.3) is 0 Å². The Morgan fingerprint density at radius 1 is 1.37 bits per heavy atom. The summed E-state index contributed by atoms with van der Waals surface area (Å²) < 4.78 is 6.37. The molecule has 1 aromatic heterocycles. The fourth-order valence-corrected chi connectivity index (χ4v) is 5.77. The van der Waals surface area contributed by atoms with Crippen LogP contribution in [-0.2, 0) is 4.79 Å². The zero-order chi connectivity index (χ0) is 21.3. The molecule has 0 radical (unpaired) electrons. The Kier molecular flexibility index (Phi) is 5.79. The van der Waals surface area contributed by atoms with Crippen LogP contribution in [0.2, 0.25) is 0 Å². The predicted molar refractivity (Wildman–Crippen MR) is 117 cm³/mol. The maximum absolute atomic E-state index is 13.1. The Bertz CT molecular complexity index is 1100. The number of hydrogen-bond acceptors (Lipinski definition) is 9. The highest BCUT2D eigenvalue weighted by Gasteiger charge is 2.42. The van der Waals surface area contributed by atoms with Gasteiger partial charge in [0.15, 0.2) is 10.1 Å². The van der Waals surface area contributed by atoms with Crippen LogP contribution in [0.5, 0.6) is 5.75 Å². The molecule has 4 rings (SSSR count). The number of ketones is 1. The van der Waals surface area contributed by atoms with Crippen LogP contribution in [0, 0.1) is 11.3 Å². The standard InChI is InChI=1S/C21H21N5O2S2/c1-3-29-21-25-24-20(30-21)26-14-8-6-9-15(27)18(14)17(13(11-22)19(26)23)12-7-4-5-10-16(12)28-2/h4-5,7,10,17H,3,6,8-9,23H2,1-2H3. The topological polar surface area (TPSA) is 105 Å². The molecular weight excluding hydrogens is 418 g/mol. The highest BCUT2D eigenvalue weighted by molar-refractivity contribution is 8.01. The minimum absolute atomic E-state index is 0.0325. The van der Waals surface area contributed by atoms with Gasteiger partial charge < -0.3 is 10.5 Å². The molecule has 0 bridgehead atoms. The number of carbonyl (C=O) groups is 1. The molecule has 1 aliphatic heterocycles. The Morgan fingerprint density at radius 3 is 2.90 bits per heavy atom. The van der Waals surface area contributed by atoms with Crippen LogP contribution in [0.15, 0.2) is 51.3 Å².